The maximum atomic E-state index is 9.70. The molecule has 0 aliphatic carbocycles. The van der Waals surface area contributed by atoms with Crippen molar-refractivity contribution >= 4 is 25.3 Å². The number of hydrogen-bond donors (Lipinski definition) is 5. The predicted molar refractivity (Wildman–Crippen MR) is 178 cm³/mol. The molecule has 0 fully saturated rings. The van der Waals surface area contributed by atoms with Gasteiger partial charge in [-0.1, -0.05) is 69.2 Å². The van der Waals surface area contributed by atoms with Gasteiger partial charge in [0.15, 0.2) is 0 Å². The molecule has 2 radical (unpaired) electrons. The Balaban J connectivity index is -0.0000000356. The summed E-state index contributed by atoms with van der Waals surface area (Å²) in [6.07, 6.45) is 7.39. The van der Waals surface area contributed by atoms with Crippen LogP contribution in [0.5, 0.6) is 0 Å². The van der Waals surface area contributed by atoms with Crippen LogP contribution in [-0.2, 0) is 84.6 Å². The van der Waals surface area contributed by atoms with E-state index in [9.17, 15) is 14.4 Å². The van der Waals surface area contributed by atoms with Gasteiger partial charge in [0, 0.05) is 83.2 Å². The molecular formula is C31H71N5O4Y2-4. The molecule has 0 unspecified atom stereocenters. The average molecular weight is 756 g/mol. The van der Waals surface area contributed by atoms with E-state index in [2.05, 4.69) is 68.1 Å². The summed E-state index contributed by atoms with van der Waals surface area (Å²) in [6, 6.07) is 0. The third-order valence-electron chi connectivity index (χ3n) is 2.74. The minimum Gasteiger partial charge on any atom is -0.542 e. The average Bonchev–Trinajstić information content (AvgIpc) is 2.88. The fourth-order valence-electron chi connectivity index (χ4n) is 0.530. The number of amides is 1. The Morgan fingerprint density at radius 1 is 0.548 bits per heavy atom. The number of nitrogens with one attached hydrogen (secondary N) is 5. The molecule has 254 valence electrons. The second-order valence-electron chi connectivity index (χ2n) is 11.5. The molecule has 0 saturated heterocycles. The fourth-order valence-corrected chi connectivity index (χ4v) is 0.530. The van der Waals surface area contributed by atoms with Gasteiger partial charge in [0.2, 0.25) is 0 Å². The summed E-state index contributed by atoms with van der Waals surface area (Å²) in [5.41, 5.74) is 0.00299. The predicted octanol–water partition coefficient (Wildman–Crippen LogP) is 4.87. The van der Waals surface area contributed by atoms with Crippen LogP contribution in [0.3, 0.4) is 0 Å². The summed E-state index contributed by atoms with van der Waals surface area (Å²) in [7, 11) is 7.20. The maximum Gasteiger partial charge on any atom is 0.0455 e. The van der Waals surface area contributed by atoms with Crippen molar-refractivity contribution in [3.8, 4) is 0 Å². The van der Waals surface area contributed by atoms with Crippen molar-refractivity contribution in [3.63, 3.8) is 0 Å². The molecule has 0 rings (SSSR count). The van der Waals surface area contributed by atoms with Crippen LogP contribution in [0, 0.1) is 10.8 Å². The van der Waals surface area contributed by atoms with Gasteiger partial charge in [-0.2, -0.15) is 6.41 Å². The summed E-state index contributed by atoms with van der Waals surface area (Å²) >= 11 is 0. The fraction of sp³-hybridized carbons (Fsp3) is 0.871. The molecule has 1 amide bonds. The van der Waals surface area contributed by atoms with Gasteiger partial charge < -0.3 is 40.4 Å². The molecule has 0 bridgehead atoms. The maximum absolute atomic E-state index is 9.70. The molecule has 9 nitrogen and oxygen atoms in total. The first-order chi connectivity index (χ1) is 18.1. The summed E-state index contributed by atoms with van der Waals surface area (Å²) in [5.74, 6) is 0. The Bertz CT molecular complexity index is 468. The molecule has 42 heavy (non-hydrogen) atoms. The second kappa shape index (κ2) is 51.1. The van der Waals surface area contributed by atoms with Crippen LogP contribution in [0.25, 0.3) is 0 Å². The van der Waals surface area contributed by atoms with Crippen molar-refractivity contribution < 1.29 is 84.6 Å². The van der Waals surface area contributed by atoms with Crippen LogP contribution < -0.4 is 26.6 Å². The minimum atomic E-state index is -0.264. The largest absolute Gasteiger partial charge is 0.542 e. The van der Waals surface area contributed by atoms with Gasteiger partial charge in [-0.3, -0.25) is 24.2 Å². The summed E-state index contributed by atoms with van der Waals surface area (Å²) < 4.78 is 0. The van der Waals surface area contributed by atoms with Crippen LogP contribution in [0.1, 0.15) is 117 Å². The molecular weight excluding hydrogens is 684 g/mol. The van der Waals surface area contributed by atoms with Crippen molar-refractivity contribution in [2.24, 2.45) is 10.8 Å². The van der Waals surface area contributed by atoms with Crippen molar-refractivity contribution in [3.05, 3.63) is 0 Å². The van der Waals surface area contributed by atoms with E-state index < -0.39 is 0 Å². The molecule has 0 aliphatic rings. The van der Waals surface area contributed by atoms with Gasteiger partial charge in [0.1, 0.15) is 0 Å². The summed E-state index contributed by atoms with van der Waals surface area (Å²) in [4.78, 5) is 37.7. The summed E-state index contributed by atoms with van der Waals surface area (Å²) in [6.45, 7) is 33.4. The van der Waals surface area contributed by atoms with E-state index in [1.165, 1.54) is 13.5 Å². The van der Waals surface area contributed by atoms with E-state index in [1.807, 2.05) is 95.9 Å². The molecule has 0 saturated carbocycles. The van der Waals surface area contributed by atoms with Crippen LogP contribution in [0.2, 0.25) is 0 Å². The molecule has 0 spiro atoms. The van der Waals surface area contributed by atoms with Crippen molar-refractivity contribution in [2.45, 2.75) is 128 Å². The molecule has 0 aromatic heterocycles. The van der Waals surface area contributed by atoms with Gasteiger partial charge >= 0.3 is 0 Å². The standard InChI is InChI=1S/C6H16N2.C5H13N.2C5H9O.C4H8NO.C2H4NO.2C2H6.2Y/c1-6(2,3)8-5-7-4;1-5(2,3)6-4;2*1-5(2,3)4-6;1-5-3-2-4-6;1-3-2-4;2*1-2;;/h7-8H,5H2,1-4H3;6H,1-4H3;2*1-3H3;5H,2-3H2,1H3;1H3,(H,3,4);2*1-2H3;;/q;;4*-1;;;;. The van der Waals surface area contributed by atoms with Gasteiger partial charge in [0.05, 0.1) is 0 Å². The Kier molecular flexibility index (Phi) is 84.4. The number of hydrogen-bond acceptors (Lipinski definition) is 8. The minimum absolute atomic E-state index is 0. The Hall–Kier alpha value is 0.528. The van der Waals surface area contributed by atoms with E-state index in [0.29, 0.717) is 12.0 Å². The second-order valence-corrected chi connectivity index (χ2v) is 11.5. The van der Waals surface area contributed by atoms with E-state index >= 15 is 0 Å². The zero-order chi connectivity index (χ0) is 34.5. The topological polar surface area (TPSA) is 128 Å². The zero-order valence-electron chi connectivity index (χ0n) is 31.4. The van der Waals surface area contributed by atoms with Crippen molar-refractivity contribution in [2.75, 3.05) is 41.4 Å². The normalized spacial score (nSPS) is 9.14. The van der Waals surface area contributed by atoms with Crippen LogP contribution in [0.4, 0.5) is 0 Å². The molecule has 0 aromatic rings. The first-order valence-corrected chi connectivity index (χ1v) is 14.0. The number of carbonyl (C=O) groups excluding carboxylic acids is 4. The van der Waals surface area contributed by atoms with Gasteiger partial charge in [-0.15, -0.1) is 17.3 Å². The first-order valence-electron chi connectivity index (χ1n) is 14.0. The van der Waals surface area contributed by atoms with Gasteiger partial charge in [-0.05, 0) is 76.3 Å². The Morgan fingerprint density at radius 2 is 0.810 bits per heavy atom. The van der Waals surface area contributed by atoms with Crippen molar-refractivity contribution in [1.29, 1.82) is 0 Å². The van der Waals surface area contributed by atoms with Crippen LogP contribution >= 0.6 is 0 Å². The molecule has 5 N–H and O–H groups in total. The number of rotatable bonds is 6. The monoisotopic (exact) mass is 755 g/mol. The van der Waals surface area contributed by atoms with Crippen LogP contribution in [0.15, 0.2) is 0 Å². The van der Waals surface area contributed by atoms with Crippen LogP contribution in [-0.4, -0.2) is 77.8 Å². The van der Waals surface area contributed by atoms with Gasteiger partial charge in [-0.25, -0.2) is 0 Å². The molecule has 11 heteroatoms. The van der Waals surface area contributed by atoms with Crippen molar-refractivity contribution in [1.82, 2.24) is 26.6 Å². The third-order valence-corrected chi connectivity index (χ3v) is 2.74. The quantitative estimate of drug-likeness (QED) is 0.113. The molecule has 0 aromatic carbocycles. The van der Waals surface area contributed by atoms with E-state index in [1.54, 1.807) is 13.3 Å². The Labute approximate surface area is 314 Å². The zero-order valence-corrected chi connectivity index (χ0v) is 37.1. The molecule has 0 heterocycles. The molecule has 0 atom stereocenters. The first kappa shape index (κ1) is 69.3. The summed E-state index contributed by atoms with van der Waals surface area (Å²) in [5, 5.41) is 14.3. The smallest absolute Gasteiger partial charge is 0.0455 e. The Morgan fingerprint density at radius 3 is 0.857 bits per heavy atom. The van der Waals surface area contributed by atoms with E-state index in [4.69, 9.17) is 4.79 Å². The third kappa shape index (κ3) is 184. The van der Waals surface area contributed by atoms with Gasteiger partial charge in [0.25, 0.3) is 0 Å². The SMILES string of the molecule is CC.CC.CC(C)(C)[C-]=O.CC(C)(C)[C-]=O.CNC(C)(C)C.CNCC[C-]=O.CNCNC(C)(C)C.CN[C-]=O.[Y].[Y]. The van der Waals surface area contributed by atoms with E-state index in [0.717, 1.165) is 13.2 Å². The van der Waals surface area contributed by atoms with E-state index in [-0.39, 0.29) is 81.8 Å². The molecule has 0 aliphatic heterocycles.